The fourth-order valence-electron chi connectivity index (χ4n) is 2.86. The number of nitrogens with one attached hydrogen (secondary N) is 1. The van der Waals surface area contributed by atoms with E-state index in [1.807, 2.05) is 6.07 Å². The Kier molecular flexibility index (Phi) is 5.80. The summed E-state index contributed by atoms with van der Waals surface area (Å²) in [5.74, 6) is 0.357. The molecule has 2 rings (SSSR count). The molecule has 2 unspecified atom stereocenters. The van der Waals surface area contributed by atoms with E-state index in [-0.39, 0.29) is 29.3 Å². The second-order valence-electron chi connectivity index (χ2n) is 5.71. The number of hydrogen-bond donors (Lipinski definition) is 1. The Labute approximate surface area is 134 Å². The van der Waals surface area contributed by atoms with Crippen molar-refractivity contribution in [3.63, 3.8) is 0 Å². The zero-order valence-corrected chi connectivity index (χ0v) is 14.5. The maximum atomic E-state index is 13.5. The van der Waals surface area contributed by atoms with Gasteiger partial charge in [-0.1, -0.05) is 22.9 Å². The molecule has 1 aliphatic rings. The first-order valence-corrected chi connectivity index (χ1v) is 9.90. The maximum absolute atomic E-state index is 13.5. The first-order valence-electron chi connectivity index (χ1n) is 7.28. The third-order valence-electron chi connectivity index (χ3n) is 3.87. The van der Waals surface area contributed by atoms with E-state index < -0.39 is 9.84 Å². The highest BCUT2D eigenvalue weighted by atomic mass is 79.9. The zero-order chi connectivity index (χ0) is 15.5. The Balaban J connectivity index is 2.12. The summed E-state index contributed by atoms with van der Waals surface area (Å²) in [4.78, 5) is 0. The van der Waals surface area contributed by atoms with E-state index in [1.54, 1.807) is 0 Å². The van der Waals surface area contributed by atoms with Gasteiger partial charge in [-0.15, -0.1) is 0 Å². The standard InChI is InChI=1S/C15H21BrFNO2S/c1-2-4-18-15(12-3-5-21(19,20)10-12)8-11-6-13(16)9-14(17)7-11/h6-7,9,12,15,18H,2-5,8,10H2,1H3. The molecule has 0 spiro atoms. The van der Waals surface area contributed by atoms with Crippen LogP contribution in [0.3, 0.4) is 0 Å². The van der Waals surface area contributed by atoms with Crippen LogP contribution in [0.5, 0.6) is 0 Å². The summed E-state index contributed by atoms with van der Waals surface area (Å²) in [5.41, 5.74) is 0.889. The molecule has 0 aliphatic carbocycles. The fraction of sp³-hybridized carbons (Fsp3) is 0.600. The molecule has 0 bridgehead atoms. The van der Waals surface area contributed by atoms with Crippen molar-refractivity contribution in [3.8, 4) is 0 Å². The number of rotatable bonds is 6. The van der Waals surface area contributed by atoms with E-state index in [4.69, 9.17) is 0 Å². The summed E-state index contributed by atoms with van der Waals surface area (Å²) in [6.45, 7) is 2.92. The van der Waals surface area contributed by atoms with Gasteiger partial charge in [0.2, 0.25) is 0 Å². The lowest BCUT2D eigenvalue weighted by Gasteiger charge is -2.24. The van der Waals surface area contributed by atoms with Crippen molar-refractivity contribution in [1.82, 2.24) is 5.32 Å². The third kappa shape index (κ3) is 5.04. The largest absolute Gasteiger partial charge is 0.313 e. The predicted octanol–water partition coefficient (Wildman–Crippen LogP) is 2.93. The van der Waals surface area contributed by atoms with Crippen LogP contribution in [0.2, 0.25) is 0 Å². The van der Waals surface area contributed by atoms with Crippen LogP contribution in [0.4, 0.5) is 4.39 Å². The quantitative estimate of drug-likeness (QED) is 0.828. The van der Waals surface area contributed by atoms with Gasteiger partial charge in [0.25, 0.3) is 0 Å². The number of benzene rings is 1. The number of sulfone groups is 1. The first-order chi connectivity index (χ1) is 9.89. The average Bonchev–Trinajstić information content (AvgIpc) is 2.73. The van der Waals surface area contributed by atoms with Crippen molar-refractivity contribution in [3.05, 3.63) is 34.1 Å². The minimum Gasteiger partial charge on any atom is -0.313 e. The Morgan fingerprint density at radius 1 is 1.43 bits per heavy atom. The van der Waals surface area contributed by atoms with Crippen LogP contribution >= 0.6 is 15.9 Å². The average molecular weight is 378 g/mol. The highest BCUT2D eigenvalue weighted by Crippen LogP contribution is 2.25. The molecule has 1 N–H and O–H groups in total. The normalized spacial score (nSPS) is 22.3. The van der Waals surface area contributed by atoms with Crippen LogP contribution < -0.4 is 5.32 Å². The van der Waals surface area contributed by atoms with Gasteiger partial charge >= 0.3 is 0 Å². The molecular weight excluding hydrogens is 357 g/mol. The lowest BCUT2D eigenvalue weighted by molar-refractivity contribution is 0.379. The molecule has 1 heterocycles. The Morgan fingerprint density at radius 2 is 2.19 bits per heavy atom. The zero-order valence-electron chi connectivity index (χ0n) is 12.1. The van der Waals surface area contributed by atoms with E-state index in [0.29, 0.717) is 17.3 Å². The molecule has 1 aromatic carbocycles. The van der Waals surface area contributed by atoms with Crippen molar-refractivity contribution in [2.24, 2.45) is 5.92 Å². The minimum absolute atomic E-state index is 0.0796. The van der Waals surface area contributed by atoms with E-state index in [0.717, 1.165) is 18.5 Å². The van der Waals surface area contributed by atoms with E-state index in [1.165, 1.54) is 12.1 Å². The molecule has 3 nitrogen and oxygen atoms in total. The van der Waals surface area contributed by atoms with Crippen LogP contribution in [-0.4, -0.2) is 32.5 Å². The van der Waals surface area contributed by atoms with Gasteiger partial charge in [0, 0.05) is 10.5 Å². The summed E-state index contributed by atoms with van der Waals surface area (Å²) in [7, 11) is -2.90. The number of halogens is 2. The predicted molar refractivity (Wildman–Crippen MR) is 86.6 cm³/mol. The van der Waals surface area contributed by atoms with Gasteiger partial charge < -0.3 is 5.32 Å². The summed E-state index contributed by atoms with van der Waals surface area (Å²) in [6.07, 6.45) is 2.33. The van der Waals surface area contributed by atoms with E-state index >= 15 is 0 Å². The molecule has 0 aromatic heterocycles. The Bertz CT molecular complexity index is 571. The van der Waals surface area contributed by atoms with Crippen LogP contribution in [0.15, 0.2) is 22.7 Å². The molecule has 1 saturated heterocycles. The molecule has 0 amide bonds. The second kappa shape index (κ2) is 7.20. The monoisotopic (exact) mass is 377 g/mol. The van der Waals surface area contributed by atoms with Crippen molar-refractivity contribution in [2.45, 2.75) is 32.2 Å². The first kappa shape index (κ1) is 16.9. The number of hydrogen-bond acceptors (Lipinski definition) is 3. The highest BCUT2D eigenvalue weighted by Gasteiger charge is 2.33. The molecule has 118 valence electrons. The van der Waals surface area contributed by atoms with E-state index in [2.05, 4.69) is 28.2 Å². The van der Waals surface area contributed by atoms with Gasteiger partial charge in [-0.05, 0) is 55.5 Å². The fourth-order valence-corrected chi connectivity index (χ4v) is 5.25. The molecule has 1 fully saturated rings. The second-order valence-corrected chi connectivity index (χ2v) is 8.85. The molecule has 0 saturated carbocycles. The lowest BCUT2D eigenvalue weighted by Crippen LogP contribution is -2.39. The maximum Gasteiger partial charge on any atom is 0.150 e. The molecular formula is C15H21BrFNO2S. The molecule has 1 aromatic rings. The SMILES string of the molecule is CCCNC(Cc1cc(F)cc(Br)c1)C1CCS(=O)(=O)C1. The van der Waals surface area contributed by atoms with Crippen LogP contribution in [-0.2, 0) is 16.3 Å². The van der Waals surface area contributed by atoms with Crippen molar-refractivity contribution >= 4 is 25.8 Å². The van der Waals surface area contributed by atoms with Crippen molar-refractivity contribution in [1.29, 1.82) is 0 Å². The Hall–Kier alpha value is -0.460. The van der Waals surface area contributed by atoms with Gasteiger partial charge in [-0.3, -0.25) is 0 Å². The summed E-state index contributed by atoms with van der Waals surface area (Å²) < 4.78 is 37.6. The summed E-state index contributed by atoms with van der Waals surface area (Å²) in [6, 6.07) is 4.93. The molecule has 2 atom stereocenters. The van der Waals surface area contributed by atoms with Crippen molar-refractivity contribution in [2.75, 3.05) is 18.1 Å². The van der Waals surface area contributed by atoms with Crippen LogP contribution in [0.1, 0.15) is 25.3 Å². The Morgan fingerprint density at radius 3 is 2.76 bits per heavy atom. The summed E-state index contributed by atoms with van der Waals surface area (Å²) >= 11 is 3.30. The smallest absolute Gasteiger partial charge is 0.150 e. The molecule has 1 aliphatic heterocycles. The summed E-state index contributed by atoms with van der Waals surface area (Å²) in [5, 5.41) is 3.43. The van der Waals surface area contributed by atoms with Gasteiger partial charge in [0.1, 0.15) is 5.82 Å². The molecule has 6 heteroatoms. The van der Waals surface area contributed by atoms with Gasteiger partial charge in [0.15, 0.2) is 9.84 Å². The molecule has 0 radical (unpaired) electrons. The van der Waals surface area contributed by atoms with Gasteiger partial charge in [-0.25, -0.2) is 12.8 Å². The topological polar surface area (TPSA) is 46.2 Å². The van der Waals surface area contributed by atoms with E-state index in [9.17, 15) is 12.8 Å². The van der Waals surface area contributed by atoms with Gasteiger partial charge in [-0.2, -0.15) is 0 Å². The third-order valence-corrected chi connectivity index (χ3v) is 6.12. The van der Waals surface area contributed by atoms with Crippen molar-refractivity contribution < 1.29 is 12.8 Å². The van der Waals surface area contributed by atoms with Gasteiger partial charge in [0.05, 0.1) is 11.5 Å². The van der Waals surface area contributed by atoms with Crippen LogP contribution in [0, 0.1) is 11.7 Å². The highest BCUT2D eigenvalue weighted by molar-refractivity contribution is 9.10. The molecule has 21 heavy (non-hydrogen) atoms. The lowest BCUT2D eigenvalue weighted by atomic mass is 9.93. The minimum atomic E-state index is -2.90. The van der Waals surface area contributed by atoms with Crippen LogP contribution in [0.25, 0.3) is 0 Å².